The summed E-state index contributed by atoms with van der Waals surface area (Å²) in [6.45, 7) is 3.42. The smallest absolute Gasteiger partial charge is 0.163 e. The first kappa shape index (κ1) is 16.5. The zero-order valence-electron chi connectivity index (χ0n) is 12.0. The van der Waals surface area contributed by atoms with Gasteiger partial charge in [-0.25, -0.2) is 9.97 Å². The highest BCUT2D eigenvalue weighted by Crippen LogP contribution is 2.28. The molecule has 0 aliphatic carbocycles. The fraction of sp³-hybridized carbons (Fsp3) is 0.333. The van der Waals surface area contributed by atoms with E-state index in [0.717, 1.165) is 33.6 Å². The van der Waals surface area contributed by atoms with Crippen molar-refractivity contribution in [3.8, 4) is 11.4 Å². The van der Waals surface area contributed by atoms with E-state index in [1.54, 1.807) is 7.11 Å². The van der Waals surface area contributed by atoms with Crippen LogP contribution in [0.4, 0.5) is 5.82 Å². The third kappa shape index (κ3) is 4.05. The molecule has 0 spiro atoms. The number of halogens is 2. The molecule has 1 N–H and O–H groups in total. The topological polar surface area (TPSA) is 47.0 Å². The van der Waals surface area contributed by atoms with Crippen LogP contribution >= 0.6 is 34.2 Å². The lowest BCUT2D eigenvalue weighted by Gasteiger charge is -2.13. The molecule has 0 radical (unpaired) electrons. The second-order valence-corrected chi connectivity index (χ2v) is 5.98. The summed E-state index contributed by atoms with van der Waals surface area (Å²) >= 11 is 8.50. The highest BCUT2D eigenvalue weighted by molar-refractivity contribution is 14.1. The van der Waals surface area contributed by atoms with E-state index in [9.17, 15) is 0 Å². The standard InChI is InChI=1S/C15H17ClIN3O/c1-3-8-18-15-13(17)12(9-21-2)19-14(20-15)10-6-4-5-7-11(10)16/h4-7H,3,8-9H2,1-2H3,(H,18,19,20). The molecule has 1 aromatic heterocycles. The Morgan fingerprint density at radius 2 is 2.05 bits per heavy atom. The van der Waals surface area contributed by atoms with Crippen molar-refractivity contribution in [2.75, 3.05) is 19.0 Å². The van der Waals surface area contributed by atoms with Crippen LogP contribution in [0.1, 0.15) is 19.0 Å². The van der Waals surface area contributed by atoms with E-state index in [1.807, 2.05) is 24.3 Å². The Labute approximate surface area is 143 Å². The third-order valence-corrected chi connectivity index (χ3v) is 4.32. The first-order valence-corrected chi connectivity index (χ1v) is 8.17. The zero-order valence-corrected chi connectivity index (χ0v) is 14.9. The number of aromatic nitrogens is 2. The van der Waals surface area contributed by atoms with E-state index >= 15 is 0 Å². The first-order chi connectivity index (χ1) is 10.2. The van der Waals surface area contributed by atoms with Crippen molar-refractivity contribution < 1.29 is 4.74 Å². The second kappa shape index (κ2) is 7.91. The van der Waals surface area contributed by atoms with Gasteiger partial charge < -0.3 is 10.1 Å². The summed E-state index contributed by atoms with van der Waals surface area (Å²) in [5, 5.41) is 3.98. The van der Waals surface area contributed by atoms with E-state index in [-0.39, 0.29) is 0 Å². The van der Waals surface area contributed by atoms with Crippen molar-refractivity contribution >= 4 is 40.0 Å². The Bertz CT molecular complexity index is 622. The maximum Gasteiger partial charge on any atom is 0.163 e. The lowest BCUT2D eigenvalue weighted by Crippen LogP contribution is -2.09. The van der Waals surface area contributed by atoms with Gasteiger partial charge in [0, 0.05) is 19.2 Å². The minimum Gasteiger partial charge on any atom is -0.378 e. The molecule has 1 aromatic carbocycles. The molecule has 0 fully saturated rings. The molecule has 0 bridgehead atoms. The van der Waals surface area contributed by atoms with Crippen LogP contribution in [-0.2, 0) is 11.3 Å². The Morgan fingerprint density at radius 3 is 2.71 bits per heavy atom. The molecule has 4 nitrogen and oxygen atoms in total. The molecule has 0 saturated heterocycles. The number of rotatable bonds is 6. The summed E-state index contributed by atoms with van der Waals surface area (Å²) in [6.07, 6.45) is 1.03. The summed E-state index contributed by atoms with van der Waals surface area (Å²) in [5.41, 5.74) is 1.69. The Morgan fingerprint density at radius 1 is 1.29 bits per heavy atom. The summed E-state index contributed by atoms with van der Waals surface area (Å²) in [4.78, 5) is 9.21. The SMILES string of the molecule is CCCNc1nc(-c2ccccc2Cl)nc(COC)c1I. The van der Waals surface area contributed by atoms with Crippen LogP contribution in [0.2, 0.25) is 5.02 Å². The minimum atomic E-state index is 0.444. The molecule has 0 aliphatic rings. The van der Waals surface area contributed by atoms with Gasteiger partial charge in [0.15, 0.2) is 5.82 Å². The molecule has 2 aromatic rings. The Kier molecular flexibility index (Phi) is 6.20. The fourth-order valence-corrected chi connectivity index (χ4v) is 2.66. The van der Waals surface area contributed by atoms with Gasteiger partial charge in [-0.05, 0) is 41.1 Å². The first-order valence-electron chi connectivity index (χ1n) is 6.71. The maximum absolute atomic E-state index is 6.25. The largest absolute Gasteiger partial charge is 0.378 e. The van der Waals surface area contributed by atoms with Gasteiger partial charge in [-0.2, -0.15) is 0 Å². The summed E-state index contributed by atoms with van der Waals surface area (Å²) < 4.78 is 6.22. The lowest BCUT2D eigenvalue weighted by molar-refractivity contribution is 0.181. The van der Waals surface area contributed by atoms with Crippen LogP contribution < -0.4 is 5.32 Å². The highest BCUT2D eigenvalue weighted by atomic mass is 127. The highest BCUT2D eigenvalue weighted by Gasteiger charge is 2.14. The van der Waals surface area contributed by atoms with Gasteiger partial charge in [-0.15, -0.1) is 0 Å². The predicted octanol–water partition coefficient (Wildman–Crippen LogP) is 4.37. The number of hydrogen-bond donors (Lipinski definition) is 1. The molecule has 0 unspecified atom stereocenters. The maximum atomic E-state index is 6.25. The van der Waals surface area contributed by atoms with Crippen molar-refractivity contribution in [1.82, 2.24) is 9.97 Å². The summed E-state index contributed by atoms with van der Waals surface area (Å²) in [5.74, 6) is 1.45. The van der Waals surface area contributed by atoms with Crippen molar-refractivity contribution in [3.63, 3.8) is 0 Å². The molecule has 6 heteroatoms. The van der Waals surface area contributed by atoms with Crippen molar-refractivity contribution in [2.45, 2.75) is 20.0 Å². The summed E-state index contributed by atoms with van der Waals surface area (Å²) in [7, 11) is 1.66. The quantitative estimate of drug-likeness (QED) is 0.709. The molecular formula is C15H17ClIN3O. The van der Waals surface area contributed by atoms with Crippen LogP contribution in [0.5, 0.6) is 0 Å². The van der Waals surface area contributed by atoms with Crippen LogP contribution in [-0.4, -0.2) is 23.6 Å². The number of nitrogens with zero attached hydrogens (tertiary/aromatic N) is 2. The summed E-state index contributed by atoms with van der Waals surface area (Å²) in [6, 6.07) is 7.58. The van der Waals surface area contributed by atoms with E-state index < -0.39 is 0 Å². The molecule has 112 valence electrons. The fourth-order valence-electron chi connectivity index (χ4n) is 1.85. The van der Waals surface area contributed by atoms with Crippen LogP contribution in [0.3, 0.4) is 0 Å². The number of hydrogen-bond acceptors (Lipinski definition) is 4. The predicted molar refractivity (Wildman–Crippen MR) is 94.7 cm³/mol. The number of anilines is 1. The van der Waals surface area contributed by atoms with Crippen LogP contribution in [0, 0.1) is 3.57 Å². The van der Waals surface area contributed by atoms with Gasteiger partial charge in [-0.3, -0.25) is 0 Å². The molecular weight excluding hydrogens is 401 g/mol. The molecule has 0 amide bonds. The molecule has 2 rings (SSSR count). The van der Waals surface area contributed by atoms with Crippen LogP contribution in [0.15, 0.2) is 24.3 Å². The third-order valence-electron chi connectivity index (χ3n) is 2.86. The Balaban J connectivity index is 2.50. The number of nitrogens with one attached hydrogen (secondary N) is 1. The van der Waals surface area contributed by atoms with Gasteiger partial charge in [0.05, 0.1) is 20.9 Å². The molecule has 0 aliphatic heterocycles. The van der Waals surface area contributed by atoms with Crippen LogP contribution in [0.25, 0.3) is 11.4 Å². The van der Waals surface area contributed by atoms with E-state index in [1.165, 1.54) is 0 Å². The van der Waals surface area contributed by atoms with E-state index in [2.05, 4.69) is 44.8 Å². The van der Waals surface area contributed by atoms with Gasteiger partial charge in [-0.1, -0.05) is 30.7 Å². The van der Waals surface area contributed by atoms with E-state index in [0.29, 0.717) is 17.5 Å². The van der Waals surface area contributed by atoms with Crippen molar-refractivity contribution in [1.29, 1.82) is 0 Å². The number of benzene rings is 1. The molecule has 1 heterocycles. The Hall–Kier alpha value is -0.920. The average molecular weight is 418 g/mol. The monoisotopic (exact) mass is 417 g/mol. The number of methoxy groups -OCH3 is 1. The van der Waals surface area contributed by atoms with Gasteiger partial charge in [0.25, 0.3) is 0 Å². The van der Waals surface area contributed by atoms with Crippen molar-refractivity contribution in [2.24, 2.45) is 0 Å². The van der Waals surface area contributed by atoms with Crippen molar-refractivity contribution in [3.05, 3.63) is 38.6 Å². The molecule has 21 heavy (non-hydrogen) atoms. The normalized spacial score (nSPS) is 10.7. The molecule has 0 saturated carbocycles. The van der Waals surface area contributed by atoms with Gasteiger partial charge in [0.2, 0.25) is 0 Å². The second-order valence-electron chi connectivity index (χ2n) is 4.50. The van der Waals surface area contributed by atoms with Gasteiger partial charge in [0.1, 0.15) is 5.82 Å². The lowest BCUT2D eigenvalue weighted by atomic mass is 10.2. The minimum absolute atomic E-state index is 0.444. The van der Waals surface area contributed by atoms with Gasteiger partial charge >= 0.3 is 0 Å². The zero-order chi connectivity index (χ0) is 15.2. The average Bonchev–Trinajstić information content (AvgIpc) is 2.49. The van der Waals surface area contributed by atoms with E-state index in [4.69, 9.17) is 16.3 Å². The number of ether oxygens (including phenoxy) is 1. The molecule has 0 atom stereocenters.